The van der Waals surface area contributed by atoms with Crippen LogP contribution >= 0.6 is 15.9 Å². The molecule has 1 aliphatic heterocycles. The quantitative estimate of drug-likeness (QED) is 0.822. The van der Waals surface area contributed by atoms with Gasteiger partial charge >= 0.3 is 0 Å². The standard InChI is InChI=1S/C14H8BrNO2/c15-9-6-4-8(5-7-9)10-2-1-3-11-12(10)13(17)14(18)16-11/h1-7H,(H,16,17,18). The Kier molecular flexibility index (Phi) is 2.52. The predicted molar refractivity (Wildman–Crippen MR) is 72.5 cm³/mol. The van der Waals surface area contributed by atoms with Crippen molar-refractivity contribution >= 4 is 33.3 Å². The van der Waals surface area contributed by atoms with E-state index in [1.807, 2.05) is 36.4 Å². The summed E-state index contributed by atoms with van der Waals surface area (Å²) in [4.78, 5) is 23.2. The van der Waals surface area contributed by atoms with Crippen molar-refractivity contribution in [3.63, 3.8) is 0 Å². The largest absolute Gasteiger partial charge is 0.318 e. The Morgan fingerprint density at radius 3 is 2.39 bits per heavy atom. The summed E-state index contributed by atoms with van der Waals surface area (Å²) in [5.74, 6) is -1.03. The monoisotopic (exact) mass is 301 g/mol. The minimum atomic E-state index is -0.561. The zero-order chi connectivity index (χ0) is 12.7. The minimum absolute atomic E-state index is 0.463. The predicted octanol–water partition coefficient (Wildman–Crippen LogP) is 3.25. The third-order valence-corrected chi connectivity index (χ3v) is 3.43. The van der Waals surface area contributed by atoms with Gasteiger partial charge in [0.05, 0.1) is 11.3 Å². The van der Waals surface area contributed by atoms with Gasteiger partial charge in [-0.3, -0.25) is 9.59 Å². The van der Waals surface area contributed by atoms with Crippen molar-refractivity contribution in [2.45, 2.75) is 0 Å². The minimum Gasteiger partial charge on any atom is -0.318 e. The molecule has 0 aliphatic carbocycles. The number of fused-ring (bicyclic) bond motifs is 1. The molecule has 0 aromatic heterocycles. The van der Waals surface area contributed by atoms with E-state index in [1.54, 1.807) is 6.07 Å². The number of halogens is 1. The van der Waals surface area contributed by atoms with Gasteiger partial charge in [0.15, 0.2) is 0 Å². The van der Waals surface area contributed by atoms with E-state index in [0.717, 1.165) is 15.6 Å². The molecule has 3 rings (SSSR count). The van der Waals surface area contributed by atoms with Crippen molar-refractivity contribution in [3.8, 4) is 11.1 Å². The molecule has 0 radical (unpaired) electrons. The summed E-state index contributed by atoms with van der Waals surface area (Å²) in [7, 11) is 0. The topological polar surface area (TPSA) is 46.2 Å². The molecule has 4 heteroatoms. The third-order valence-electron chi connectivity index (χ3n) is 2.90. The molecule has 0 atom stereocenters. The number of benzene rings is 2. The molecule has 0 bridgehead atoms. The Balaban J connectivity index is 2.21. The van der Waals surface area contributed by atoms with Gasteiger partial charge in [-0.15, -0.1) is 0 Å². The summed E-state index contributed by atoms with van der Waals surface area (Å²) in [6.07, 6.45) is 0. The van der Waals surface area contributed by atoms with Crippen molar-refractivity contribution in [1.82, 2.24) is 0 Å². The van der Waals surface area contributed by atoms with Gasteiger partial charge in [-0.2, -0.15) is 0 Å². The van der Waals surface area contributed by atoms with Crippen LogP contribution in [0.25, 0.3) is 11.1 Å². The van der Waals surface area contributed by atoms with Crippen LogP contribution in [0.4, 0.5) is 5.69 Å². The highest BCUT2D eigenvalue weighted by Crippen LogP contribution is 2.33. The number of hydrogen-bond acceptors (Lipinski definition) is 2. The normalized spacial score (nSPS) is 13.4. The fourth-order valence-corrected chi connectivity index (χ4v) is 2.33. The maximum absolute atomic E-state index is 11.8. The van der Waals surface area contributed by atoms with Gasteiger partial charge < -0.3 is 5.32 Å². The van der Waals surface area contributed by atoms with Crippen molar-refractivity contribution in [2.75, 3.05) is 5.32 Å². The number of anilines is 1. The lowest BCUT2D eigenvalue weighted by Crippen LogP contribution is -2.12. The Hall–Kier alpha value is -1.94. The number of carbonyl (C=O) groups excluding carboxylic acids is 2. The van der Waals surface area contributed by atoms with Gasteiger partial charge in [0.25, 0.3) is 11.7 Å². The van der Waals surface area contributed by atoms with Crippen molar-refractivity contribution < 1.29 is 9.59 Å². The molecular formula is C14H8BrNO2. The van der Waals surface area contributed by atoms with E-state index in [9.17, 15) is 9.59 Å². The molecular weight excluding hydrogens is 294 g/mol. The highest BCUT2D eigenvalue weighted by atomic mass is 79.9. The highest BCUT2D eigenvalue weighted by molar-refractivity contribution is 9.10. The second-order valence-corrected chi connectivity index (χ2v) is 4.93. The van der Waals surface area contributed by atoms with Gasteiger partial charge in [0.2, 0.25) is 0 Å². The Bertz CT molecular complexity index is 662. The lowest BCUT2D eigenvalue weighted by Gasteiger charge is -2.06. The van der Waals surface area contributed by atoms with Gasteiger partial charge in [0, 0.05) is 4.47 Å². The van der Waals surface area contributed by atoms with Crippen LogP contribution < -0.4 is 5.32 Å². The average Bonchev–Trinajstić information content (AvgIpc) is 2.66. The SMILES string of the molecule is O=C1Nc2cccc(-c3ccc(Br)cc3)c2C1=O. The lowest BCUT2D eigenvalue weighted by atomic mass is 9.97. The lowest BCUT2D eigenvalue weighted by molar-refractivity contribution is -0.112. The molecule has 2 aromatic rings. The van der Waals surface area contributed by atoms with E-state index < -0.39 is 11.7 Å². The van der Waals surface area contributed by atoms with Crippen LogP contribution in [0.15, 0.2) is 46.9 Å². The van der Waals surface area contributed by atoms with Crippen LogP contribution in [0.1, 0.15) is 10.4 Å². The first-order valence-electron chi connectivity index (χ1n) is 5.41. The van der Waals surface area contributed by atoms with Crippen LogP contribution in [0.2, 0.25) is 0 Å². The second-order valence-electron chi connectivity index (χ2n) is 4.02. The molecule has 0 spiro atoms. The molecule has 1 amide bonds. The molecule has 0 saturated carbocycles. The Morgan fingerprint density at radius 1 is 0.944 bits per heavy atom. The van der Waals surface area contributed by atoms with E-state index in [0.29, 0.717) is 11.3 Å². The maximum atomic E-state index is 11.8. The number of Topliss-reactive ketones (excluding diaryl/α,β-unsaturated/α-hetero) is 1. The molecule has 1 aliphatic rings. The summed E-state index contributed by atoms with van der Waals surface area (Å²) < 4.78 is 0.972. The summed E-state index contributed by atoms with van der Waals surface area (Å²) in [6.45, 7) is 0. The first-order chi connectivity index (χ1) is 8.66. The molecule has 1 N–H and O–H groups in total. The molecule has 1 heterocycles. The first-order valence-corrected chi connectivity index (χ1v) is 6.21. The van der Waals surface area contributed by atoms with Crippen molar-refractivity contribution in [1.29, 1.82) is 0 Å². The second kappa shape index (κ2) is 4.07. The molecule has 18 heavy (non-hydrogen) atoms. The summed E-state index contributed by atoms with van der Waals surface area (Å²) in [6, 6.07) is 13.0. The molecule has 2 aromatic carbocycles. The average molecular weight is 302 g/mol. The van der Waals surface area contributed by atoms with Gasteiger partial charge in [-0.05, 0) is 29.3 Å². The number of ketones is 1. The van der Waals surface area contributed by atoms with E-state index in [2.05, 4.69) is 21.2 Å². The summed E-state index contributed by atoms with van der Waals surface area (Å²) >= 11 is 3.37. The highest BCUT2D eigenvalue weighted by Gasteiger charge is 2.30. The number of nitrogens with one attached hydrogen (secondary N) is 1. The molecule has 3 nitrogen and oxygen atoms in total. The zero-order valence-corrected chi connectivity index (χ0v) is 10.8. The van der Waals surface area contributed by atoms with Crippen LogP contribution in [-0.2, 0) is 4.79 Å². The fourth-order valence-electron chi connectivity index (χ4n) is 2.06. The Morgan fingerprint density at radius 2 is 1.67 bits per heavy atom. The summed E-state index contributed by atoms with van der Waals surface area (Å²) in [5, 5.41) is 2.57. The van der Waals surface area contributed by atoms with Crippen molar-refractivity contribution in [3.05, 3.63) is 52.5 Å². The number of carbonyl (C=O) groups is 2. The third kappa shape index (κ3) is 1.66. The zero-order valence-electron chi connectivity index (χ0n) is 9.24. The molecule has 0 saturated heterocycles. The molecule has 0 fully saturated rings. The van der Waals surface area contributed by atoms with E-state index in [4.69, 9.17) is 0 Å². The van der Waals surface area contributed by atoms with Crippen LogP contribution in [0.3, 0.4) is 0 Å². The smallest absolute Gasteiger partial charge is 0.296 e. The van der Waals surface area contributed by atoms with Gasteiger partial charge in [-0.25, -0.2) is 0 Å². The number of hydrogen-bond donors (Lipinski definition) is 1. The Labute approximate surface area is 112 Å². The maximum Gasteiger partial charge on any atom is 0.296 e. The van der Waals surface area contributed by atoms with Gasteiger partial charge in [-0.1, -0.05) is 40.2 Å². The summed E-state index contributed by atoms with van der Waals surface area (Å²) in [5.41, 5.74) is 2.75. The number of amides is 1. The van der Waals surface area contributed by atoms with Crippen molar-refractivity contribution in [2.24, 2.45) is 0 Å². The fraction of sp³-hybridized carbons (Fsp3) is 0. The first kappa shape index (κ1) is 11.2. The van der Waals surface area contributed by atoms with E-state index in [-0.39, 0.29) is 0 Å². The van der Waals surface area contributed by atoms with Gasteiger partial charge in [0.1, 0.15) is 0 Å². The number of rotatable bonds is 1. The van der Waals surface area contributed by atoms with Crippen LogP contribution in [0.5, 0.6) is 0 Å². The molecule has 88 valence electrons. The molecule has 0 unspecified atom stereocenters. The van der Waals surface area contributed by atoms with E-state index in [1.165, 1.54) is 0 Å². The van der Waals surface area contributed by atoms with Crippen LogP contribution in [0, 0.1) is 0 Å². The van der Waals surface area contributed by atoms with E-state index >= 15 is 0 Å². The van der Waals surface area contributed by atoms with Crippen LogP contribution in [-0.4, -0.2) is 11.7 Å².